The van der Waals surface area contributed by atoms with Gasteiger partial charge in [0.1, 0.15) is 5.75 Å². The molecule has 0 aliphatic heterocycles. The molecular formula is C23H32N2O. The van der Waals surface area contributed by atoms with Crippen molar-refractivity contribution in [3.8, 4) is 17.1 Å². The number of benzene rings is 1. The second-order valence-electron chi connectivity index (χ2n) is 6.62. The van der Waals surface area contributed by atoms with Crippen LogP contribution in [0, 0.1) is 0 Å². The zero-order chi connectivity index (χ0) is 18.5. The van der Waals surface area contributed by atoms with Gasteiger partial charge in [0.25, 0.3) is 0 Å². The Bertz CT molecular complexity index is 632. The number of hydrogen-bond acceptors (Lipinski definition) is 3. The molecule has 1 aromatic heterocycles. The van der Waals surface area contributed by atoms with E-state index in [1.54, 1.807) is 0 Å². The quantitative estimate of drug-likeness (QED) is 0.328. The molecule has 0 atom stereocenters. The van der Waals surface area contributed by atoms with Gasteiger partial charge in [0.05, 0.1) is 6.61 Å². The first-order valence-corrected chi connectivity index (χ1v) is 10.0. The second kappa shape index (κ2) is 12.2. The third-order valence-corrected chi connectivity index (χ3v) is 4.34. The molecule has 0 spiro atoms. The fourth-order valence-corrected chi connectivity index (χ4v) is 2.80. The van der Waals surface area contributed by atoms with E-state index < -0.39 is 0 Å². The van der Waals surface area contributed by atoms with Crippen LogP contribution in [0.3, 0.4) is 0 Å². The Kier molecular flexibility index (Phi) is 9.48. The molecule has 0 aliphatic carbocycles. The molecular weight excluding hydrogens is 320 g/mol. The summed E-state index contributed by atoms with van der Waals surface area (Å²) < 4.78 is 5.74. The van der Waals surface area contributed by atoms with Crippen molar-refractivity contribution in [2.75, 3.05) is 6.61 Å². The summed E-state index contributed by atoms with van der Waals surface area (Å²) in [6.07, 6.45) is 17.8. The number of nitrogens with zero attached hydrogens (tertiary/aromatic N) is 2. The molecule has 0 saturated carbocycles. The first kappa shape index (κ1) is 20.2. The first-order valence-electron chi connectivity index (χ1n) is 10.0. The van der Waals surface area contributed by atoms with Gasteiger partial charge in [0.15, 0.2) is 5.82 Å². The zero-order valence-electron chi connectivity index (χ0n) is 16.3. The lowest BCUT2D eigenvalue weighted by Crippen LogP contribution is -1.96. The average Bonchev–Trinajstić information content (AvgIpc) is 2.69. The second-order valence-corrected chi connectivity index (χ2v) is 6.62. The Morgan fingerprint density at radius 2 is 1.62 bits per heavy atom. The van der Waals surface area contributed by atoms with Crippen molar-refractivity contribution in [3.63, 3.8) is 0 Å². The maximum absolute atomic E-state index is 5.74. The highest BCUT2D eigenvalue weighted by molar-refractivity contribution is 5.55. The van der Waals surface area contributed by atoms with Gasteiger partial charge in [-0.05, 0) is 55.5 Å². The molecule has 0 aliphatic rings. The predicted molar refractivity (Wildman–Crippen MR) is 109 cm³/mol. The molecule has 0 amide bonds. The van der Waals surface area contributed by atoms with Crippen LogP contribution in [0.4, 0.5) is 0 Å². The number of allylic oxidation sites excluding steroid dienone is 1. The van der Waals surface area contributed by atoms with E-state index in [1.807, 2.05) is 36.7 Å². The van der Waals surface area contributed by atoms with Gasteiger partial charge in [0, 0.05) is 18.0 Å². The Morgan fingerprint density at radius 1 is 0.885 bits per heavy atom. The SMILES string of the molecule is CC/C=C/CCOc1ccc(-c2ncc(CCCCCCC)cn2)cc1. The molecule has 140 valence electrons. The van der Waals surface area contributed by atoms with Crippen molar-refractivity contribution in [2.45, 2.75) is 65.2 Å². The van der Waals surface area contributed by atoms with Crippen molar-refractivity contribution in [3.05, 3.63) is 54.4 Å². The van der Waals surface area contributed by atoms with E-state index in [1.165, 1.54) is 37.7 Å². The minimum atomic E-state index is 0.708. The summed E-state index contributed by atoms with van der Waals surface area (Å²) in [5.41, 5.74) is 2.25. The molecule has 2 aromatic rings. The maximum Gasteiger partial charge on any atom is 0.159 e. The highest BCUT2D eigenvalue weighted by atomic mass is 16.5. The molecule has 0 fully saturated rings. The number of unbranched alkanes of at least 4 members (excludes halogenated alkanes) is 4. The predicted octanol–water partition coefficient (Wildman–Crippen LogP) is 6.39. The molecule has 1 aromatic carbocycles. The number of ether oxygens (including phenoxy) is 1. The summed E-state index contributed by atoms with van der Waals surface area (Å²) in [5, 5.41) is 0. The van der Waals surface area contributed by atoms with Gasteiger partial charge in [0.2, 0.25) is 0 Å². The Labute approximate surface area is 158 Å². The van der Waals surface area contributed by atoms with Crippen LogP contribution in [0.2, 0.25) is 0 Å². The number of aromatic nitrogens is 2. The van der Waals surface area contributed by atoms with E-state index in [-0.39, 0.29) is 0 Å². The van der Waals surface area contributed by atoms with E-state index in [9.17, 15) is 0 Å². The van der Waals surface area contributed by atoms with Crippen molar-refractivity contribution < 1.29 is 4.74 Å². The molecule has 1 heterocycles. The van der Waals surface area contributed by atoms with Gasteiger partial charge in [-0.3, -0.25) is 0 Å². The summed E-state index contributed by atoms with van der Waals surface area (Å²) in [4.78, 5) is 9.06. The Morgan fingerprint density at radius 3 is 2.31 bits per heavy atom. The van der Waals surface area contributed by atoms with E-state index in [4.69, 9.17) is 4.74 Å². The van der Waals surface area contributed by atoms with Crippen LogP contribution in [0.25, 0.3) is 11.4 Å². The normalized spacial score (nSPS) is 11.2. The molecule has 2 rings (SSSR count). The number of hydrogen-bond donors (Lipinski definition) is 0. The molecule has 0 unspecified atom stereocenters. The molecule has 0 bridgehead atoms. The van der Waals surface area contributed by atoms with Crippen LogP contribution in [-0.4, -0.2) is 16.6 Å². The Hall–Kier alpha value is -2.16. The van der Waals surface area contributed by atoms with Crippen LogP contribution in [-0.2, 0) is 6.42 Å². The van der Waals surface area contributed by atoms with Crippen LogP contribution in [0.5, 0.6) is 5.75 Å². The van der Waals surface area contributed by atoms with Gasteiger partial charge in [-0.1, -0.05) is 51.7 Å². The number of aryl methyl sites for hydroxylation is 1. The summed E-state index contributed by atoms with van der Waals surface area (Å²) in [6.45, 7) is 5.09. The largest absolute Gasteiger partial charge is 0.493 e. The van der Waals surface area contributed by atoms with Crippen molar-refractivity contribution in [1.82, 2.24) is 9.97 Å². The standard InChI is InChI=1S/C23H32N2O/c1-3-5-7-9-10-12-20-18-24-23(25-19-20)21-13-15-22(16-14-21)26-17-11-8-6-4-2/h6,8,13-16,18-19H,3-5,7,9-12,17H2,1-2H3/b8-6+. The lowest BCUT2D eigenvalue weighted by atomic mass is 10.1. The van der Waals surface area contributed by atoms with Gasteiger partial charge in [-0.25, -0.2) is 9.97 Å². The summed E-state index contributed by atoms with van der Waals surface area (Å²) in [6, 6.07) is 8.03. The van der Waals surface area contributed by atoms with Gasteiger partial charge in [-0.15, -0.1) is 0 Å². The fraction of sp³-hybridized carbons (Fsp3) is 0.478. The monoisotopic (exact) mass is 352 g/mol. The summed E-state index contributed by atoms with van der Waals surface area (Å²) in [5.74, 6) is 1.67. The highest BCUT2D eigenvalue weighted by Gasteiger charge is 2.03. The zero-order valence-corrected chi connectivity index (χ0v) is 16.3. The van der Waals surface area contributed by atoms with Crippen LogP contribution >= 0.6 is 0 Å². The van der Waals surface area contributed by atoms with E-state index in [0.29, 0.717) is 6.61 Å². The fourth-order valence-electron chi connectivity index (χ4n) is 2.80. The summed E-state index contributed by atoms with van der Waals surface area (Å²) >= 11 is 0. The molecule has 3 nitrogen and oxygen atoms in total. The van der Waals surface area contributed by atoms with Crippen molar-refractivity contribution in [2.24, 2.45) is 0 Å². The topological polar surface area (TPSA) is 35.0 Å². The summed E-state index contributed by atoms with van der Waals surface area (Å²) in [7, 11) is 0. The van der Waals surface area contributed by atoms with Crippen LogP contribution < -0.4 is 4.74 Å². The highest BCUT2D eigenvalue weighted by Crippen LogP contribution is 2.19. The number of rotatable bonds is 12. The van der Waals surface area contributed by atoms with Crippen LogP contribution in [0.1, 0.15) is 64.4 Å². The lowest BCUT2D eigenvalue weighted by molar-refractivity contribution is 0.325. The third kappa shape index (κ3) is 7.38. The van der Waals surface area contributed by atoms with E-state index in [0.717, 1.165) is 36.4 Å². The van der Waals surface area contributed by atoms with E-state index >= 15 is 0 Å². The molecule has 0 N–H and O–H groups in total. The molecule has 3 heteroatoms. The minimum Gasteiger partial charge on any atom is -0.493 e. The minimum absolute atomic E-state index is 0.708. The smallest absolute Gasteiger partial charge is 0.159 e. The van der Waals surface area contributed by atoms with Crippen LogP contribution in [0.15, 0.2) is 48.8 Å². The van der Waals surface area contributed by atoms with E-state index in [2.05, 4.69) is 36.0 Å². The van der Waals surface area contributed by atoms with Crippen molar-refractivity contribution in [1.29, 1.82) is 0 Å². The lowest BCUT2D eigenvalue weighted by Gasteiger charge is -2.06. The van der Waals surface area contributed by atoms with Gasteiger partial charge >= 0.3 is 0 Å². The molecule has 26 heavy (non-hydrogen) atoms. The van der Waals surface area contributed by atoms with Gasteiger partial charge in [-0.2, -0.15) is 0 Å². The van der Waals surface area contributed by atoms with Crippen molar-refractivity contribution >= 4 is 0 Å². The Balaban J connectivity index is 1.80. The average molecular weight is 353 g/mol. The maximum atomic E-state index is 5.74. The molecule has 0 saturated heterocycles. The molecule has 0 radical (unpaired) electrons. The van der Waals surface area contributed by atoms with Gasteiger partial charge < -0.3 is 4.74 Å². The third-order valence-electron chi connectivity index (χ3n) is 4.34. The first-order chi connectivity index (χ1) is 12.8.